The van der Waals surface area contributed by atoms with E-state index < -0.39 is 28.8 Å². The predicted octanol–water partition coefficient (Wildman–Crippen LogP) is 3.06. The number of ether oxygens (including phenoxy) is 2. The molecular formula is C18H25NO5. The van der Waals surface area contributed by atoms with E-state index in [2.05, 4.69) is 0 Å². The molecule has 1 fully saturated rings. The van der Waals surface area contributed by atoms with Gasteiger partial charge in [0.25, 0.3) is 0 Å². The number of carbonyl (C=O) groups is 2. The Morgan fingerprint density at radius 1 is 1.21 bits per heavy atom. The van der Waals surface area contributed by atoms with E-state index in [1.54, 1.807) is 13.8 Å². The first kappa shape index (κ1) is 18.3. The standard InChI is InChI=1S/C18H25NO5/c1-16(2)12-18(14(20)21,17(3,4)24-16)19(5)15(22)23-11-13-9-7-6-8-10-13/h6-10H,11-12H2,1-5H3,(H,20,21). The maximum Gasteiger partial charge on any atom is 0.410 e. The van der Waals surface area contributed by atoms with Gasteiger partial charge in [-0.05, 0) is 33.3 Å². The lowest BCUT2D eigenvalue weighted by atomic mass is 9.78. The Labute approximate surface area is 142 Å². The summed E-state index contributed by atoms with van der Waals surface area (Å²) in [4.78, 5) is 25.8. The summed E-state index contributed by atoms with van der Waals surface area (Å²) in [6, 6.07) is 9.25. The Bertz CT molecular complexity index is 626. The zero-order valence-electron chi connectivity index (χ0n) is 14.8. The molecule has 1 aliphatic rings. The molecule has 6 nitrogen and oxygen atoms in total. The van der Waals surface area contributed by atoms with Crippen LogP contribution in [0.5, 0.6) is 0 Å². The van der Waals surface area contributed by atoms with Crippen LogP contribution < -0.4 is 0 Å². The highest BCUT2D eigenvalue weighted by molar-refractivity contribution is 5.86. The van der Waals surface area contributed by atoms with Gasteiger partial charge in [0, 0.05) is 13.5 Å². The van der Waals surface area contributed by atoms with E-state index in [0.717, 1.165) is 10.5 Å². The zero-order chi connectivity index (χ0) is 18.2. The van der Waals surface area contributed by atoms with Gasteiger partial charge in [-0.2, -0.15) is 0 Å². The van der Waals surface area contributed by atoms with Gasteiger partial charge in [-0.1, -0.05) is 30.3 Å². The quantitative estimate of drug-likeness (QED) is 0.915. The predicted molar refractivity (Wildman–Crippen MR) is 88.6 cm³/mol. The topological polar surface area (TPSA) is 76.1 Å². The molecule has 1 unspecified atom stereocenters. The first-order chi connectivity index (χ1) is 11.0. The normalized spacial score (nSPS) is 24.4. The first-order valence-electron chi connectivity index (χ1n) is 7.90. The Kier molecular flexibility index (Phi) is 4.63. The van der Waals surface area contributed by atoms with Gasteiger partial charge < -0.3 is 14.6 Å². The number of aliphatic carboxylic acids is 1. The fourth-order valence-electron chi connectivity index (χ4n) is 3.61. The van der Waals surface area contributed by atoms with E-state index in [9.17, 15) is 14.7 Å². The second kappa shape index (κ2) is 6.09. The van der Waals surface area contributed by atoms with Crippen LogP contribution >= 0.6 is 0 Å². The molecule has 2 rings (SSSR count). The number of carbonyl (C=O) groups excluding carboxylic acids is 1. The summed E-state index contributed by atoms with van der Waals surface area (Å²) in [7, 11) is 1.45. The molecule has 0 bridgehead atoms. The van der Waals surface area contributed by atoms with E-state index in [1.807, 2.05) is 44.2 Å². The summed E-state index contributed by atoms with van der Waals surface area (Å²) in [5.74, 6) is -1.10. The SMILES string of the molecule is CN(C(=O)OCc1ccccc1)C1(C(=O)O)CC(C)(C)OC1(C)C. The van der Waals surface area contributed by atoms with Crippen LogP contribution in [0.2, 0.25) is 0 Å². The van der Waals surface area contributed by atoms with E-state index in [-0.39, 0.29) is 13.0 Å². The van der Waals surface area contributed by atoms with Crippen LogP contribution in [0, 0.1) is 0 Å². The van der Waals surface area contributed by atoms with Gasteiger partial charge in [-0.25, -0.2) is 9.59 Å². The van der Waals surface area contributed by atoms with Crippen LogP contribution in [0.4, 0.5) is 4.79 Å². The Morgan fingerprint density at radius 3 is 2.25 bits per heavy atom. The minimum atomic E-state index is -1.50. The summed E-state index contributed by atoms with van der Waals surface area (Å²) < 4.78 is 11.2. The number of carboxylic acids is 1. The van der Waals surface area contributed by atoms with Gasteiger partial charge in [-0.3, -0.25) is 4.90 Å². The number of amides is 1. The average Bonchev–Trinajstić information content (AvgIpc) is 2.70. The lowest BCUT2D eigenvalue weighted by molar-refractivity contribution is -0.162. The number of carboxylic acid groups (broad SMARTS) is 1. The lowest BCUT2D eigenvalue weighted by Gasteiger charge is -2.42. The number of hydrogen-bond acceptors (Lipinski definition) is 4. The van der Waals surface area contributed by atoms with Crippen LogP contribution in [0.25, 0.3) is 0 Å². The van der Waals surface area contributed by atoms with Crippen molar-refractivity contribution in [2.75, 3.05) is 7.05 Å². The third-order valence-corrected chi connectivity index (χ3v) is 4.61. The number of nitrogens with zero attached hydrogens (tertiary/aromatic N) is 1. The van der Waals surface area contributed by atoms with Gasteiger partial charge in [0.05, 0.1) is 11.2 Å². The molecule has 1 aliphatic heterocycles. The van der Waals surface area contributed by atoms with E-state index in [1.165, 1.54) is 7.05 Å². The highest BCUT2D eigenvalue weighted by Crippen LogP contribution is 2.48. The fraction of sp³-hybridized carbons (Fsp3) is 0.556. The molecule has 0 radical (unpaired) electrons. The number of benzene rings is 1. The fourth-order valence-corrected chi connectivity index (χ4v) is 3.61. The molecule has 6 heteroatoms. The van der Waals surface area contributed by atoms with Crippen molar-refractivity contribution in [2.24, 2.45) is 0 Å². The van der Waals surface area contributed by atoms with Crippen LogP contribution in [0.3, 0.4) is 0 Å². The van der Waals surface area contributed by atoms with Gasteiger partial charge in [-0.15, -0.1) is 0 Å². The molecule has 1 amide bonds. The molecule has 0 spiro atoms. The third kappa shape index (κ3) is 3.11. The smallest absolute Gasteiger partial charge is 0.410 e. The number of rotatable bonds is 4. The highest BCUT2D eigenvalue weighted by Gasteiger charge is 2.65. The molecule has 24 heavy (non-hydrogen) atoms. The summed E-state index contributed by atoms with van der Waals surface area (Å²) in [5, 5.41) is 9.91. The van der Waals surface area contributed by atoms with Gasteiger partial charge in [0.2, 0.25) is 0 Å². The second-order valence-electron chi connectivity index (χ2n) is 7.31. The van der Waals surface area contributed by atoms with Crippen molar-refractivity contribution >= 4 is 12.1 Å². The van der Waals surface area contributed by atoms with Crippen molar-refractivity contribution in [3.05, 3.63) is 35.9 Å². The zero-order valence-corrected chi connectivity index (χ0v) is 14.8. The molecule has 0 saturated carbocycles. The summed E-state index contributed by atoms with van der Waals surface area (Å²) in [6.45, 7) is 7.11. The molecule has 1 aromatic carbocycles. The average molecular weight is 335 g/mol. The molecule has 1 aromatic rings. The Hall–Kier alpha value is -2.08. The molecule has 1 N–H and O–H groups in total. The summed E-state index contributed by atoms with van der Waals surface area (Å²) >= 11 is 0. The van der Waals surface area contributed by atoms with Crippen LogP contribution in [-0.4, -0.2) is 45.9 Å². The molecule has 1 atom stereocenters. The summed E-state index contributed by atoms with van der Waals surface area (Å²) in [5.41, 5.74) is -2.37. The minimum absolute atomic E-state index is 0.0877. The largest absolute Gasteiger partial charge is 0.479 e. The first-order valence-corrected chi connectivity index (χ1v) is 7.90. The van der Waals surface area contributed by atoms with Crippen molar-refractivity contribution in [2.45, 2.75) is 57.5 Å². The van der Waals surface area contributed by atoms with Gasteiger partial charge >= 0.3 is 12.1 Å². The van der Waals surface area contributed by atoms with Gasteiger partial charge in [0.15, 0.2) is 5.54 Å². The van der Waals surface area contributed by atoms with Gasteiger partial charge in [0.1, 0.15) is 6.61 Å². The van der Waals surface area contributed by atoms with E-state index in [0.29, 0.717) is 0 Å². The van der Waals surface area contributed by atoms with Crippen molar-refractivity contribution in [3.8, 4) is 0 Å². The molecule has 1 heterocycles. The van der Waals surface area contributed by atoms with Crippen molar-refractivity contribution in [1.82, 2.24) is 4.90 Å². The lowest BCUT2D eigenvalue weighted by Crippen LogP contribution is -2.64. The van der Waals surface area contributed by atoms with Crippen LogP contribution in [0.15, 0.2) is 30.3 Å². The van der Waals surface area contributed by atoms with E-state index >= 15 is 0 Å². The third-order valence-electron chi connectivity index (χ3n) is 4.61. The summed E-state index contributed by atoms with van der Waals surface area (Å²) in [6.07, 6.45) is -0.505. The van der Waals surface area contributed by atoms with Crippen LogP contribution in [0.1, 0.15) is 39.7 Å². The highest BCUT2D eigenvalue weighted by atomic mass is 16.6. The maximum absolute atomic E-state index is 12.5. The Morgan fingerprint density at radius 2 is 1.79 bits per heavy atom. The molecular weight excluding hydrogens is 310 g/mol. The number of likely N-dealkylation sites (N-methyl/N-ethyl adjacent to an activating group) is 1. The second-order valence-corrected chi connectivity index (χ2v) is 7.31. The molecule has 1 saturated heterocycles. The monoisotopic (exact) mass is 335 g/mol. The number of hydrogen-bond donors (Lipinski definition) is 1. The van der Waals surface area contributed by atoms with Crippen molar-refractivity contribution < 1.29 is 24.2 Å². The van der Waals surface area contributed by atoms with Crippen molar-refractivity contribution in [3.63, 3.8) is 0 Å². The van der Waals surface area contributed by atoms with E-state index in [4.69, 9.17) is 9.47 Å². The van der Waals surface area contributed by atoms with Crippen molar-refractivity contribution in [1.29, 1.82) is 0 Å². The molecule has 0 aliphatic carbocycles. The Balaban J connectivity index is 2.22. The van der Waals surface area contributed by atoms with Crippen LogP contribution in [-0.2, 0) is 20.9 Å². The molecule has 132 valence electrons. The minimum Gasteiger partial charge on any atom is -0.479 e. The maximum atomic E-state index is 12.5. The molecule has 0 aromatic heterocycles.